The Morgan fingerprint density at radius 1 is 1.00 bits per heavy atom. The Morgan fingerprint density at radius 3 is 2.58 bits per heavy atom. The molecule has 1 amide bonds. The van der Waals surface area contributed by atoms with Crippen LogP contribution in [-0.2, 0) is 17.8 Å². The topological polar surface area (TPSA) is 65.4 Å². The van der Waals surface area contributed by atoms with Crippen molar-refractivity contribution < 1.29 is 14.3 Å². The fourth-order valence-corrected chi connectivity index (χ4v) is 3.71. The summed E-state index contributed by atoms with van der Waals surface area (Å²) in [6.07, 6.45) is 2.05. The Bertz CT molecular complexity index is 1220. The van der Waals surface area contributed by atoms with E-state index in [-0.39, 0.29) is 5.91 Å². The summed E-state index contributed by atoms with van der Waals surface area (Å²) >= 11 is 0. The minimum Gasteiger partial charge on any atom is -0.493 e. The van der Waals surface area contributed by atoms with Gasteiger partial charge < -0.3 is 14.8 Å². The summed E-state index contributed by atoms with van der Waals surface area (Å²) in [6.45, 7) is 2.43. The van der Waals surface area contributed by atoms with Crippen LogP contribution in [0.3, 0.4) is 0 Å². The lowest BCUT2D eigenvalue weighted by atomic mass is 10.0. The molecule has 0 unspecified atom stereocenters. The maximum absolute atomic E-state index is 12.9. The Kier molecular flexibility index (Phi) is 5.89. The first-order valence-electron chi connectivity index (χ1n) is 10.1. The van der Waals surface area contributed by atoms with Gasteiger partial charge in [-0.25, -0.2) is 4.68 Å². The van der Waals surface area contributed by atoms with Crippen LogP contribution >= 0.6 is 0 Å². The van der Waals surface area contributed by atoms with E-state index in [9.17, 15) is 4.79 Å². The summed E-state index contributed by atoms with van der Waals surface area (Å²) in [5, 5.41) is 9.72. The van der Waals surface area contributed by atoms with E-state index in [1.54, 1.807) is 25.1 Å². The number of benzene rings is 3. The molecule has 0 radical (unpaired) electrons. The molecule has 4 rings (SSSR count). The normalized spacial score (nSPS) is 10.8. The average molecular weight is 415 g/mol. The molecule has 1 N–H and O–H groups in total. The van der Waals surface area contributed by atoms with Crippen LogP contribution in [0.25, 0.3) is 10.8 Å². The molecule has 3 aromatic carbocycles. The molecular formula is C25H25N3O3. The van der Waals surface area contributed by atoms with Gasteiger partial charge in [0.2, 0.25) is 5.91 Å². The molecule has 0 aliphatic heterocycles. The van der Waals surface area contributed by atoms with Crippen LogP contribution in [0.15, 0.2) is 66.9 Å². The Hall–Kier alpha value is -3.80. The number of hydrogen-bond donors (Lipinski definition) is 1. The number of nitrogens with one attached hydrogen (secondary N) is 1. The van der Waals surface area contributed by atoms with E-state index < -0.39 is 0 Å². The highest BCUT2D eigenvalue weighted by atomic mass is 16.5. The zero-order chi connectivity index (χ0) is 21.8. The summed E-state index contributed by atoms with van der Waals surface area (Å²) in [5.74, 6) is 1.95. The van der Waals surface area contributed by atoms with Gasteiger partial charge >= 0.3 is 0 Å². The minimum atomic E-state index is -0.0754. The van der Waals surface area contributed by atoms with Crippen LogP contribution in [0.2, 0.25) is 0 Å². The van der Waals surface area contributed by atoms with Crippen molar-refractivity contribution in [2.24, 2.45) is 0 Å². The predicted molar refractivity (Wildman–Crippen MR) is 122 cm³/mol. The number of methoxy groups -OCH3 is 2. The molecule has 0 aliphatic rings. The van der Waals surface area contributed by atoms with E-state index in [2.05, 4.69) is 22.5 Å². The van der Waals surface area contributed by atoms with E-state index in [1.807, 2.05) is 55.5 Å². The lowest BCUT2D eigenvalue weighted by Gasteiger charge is -2.13. The van der Waals surface area contributed by atoms with Crippen LogP contribution in [0.4, 0.5) is 5.82 Å². The van der Waals surface area contributed by atoms with Crippen molar-refractivity contribution in [3.05, 3.63) is 83.6 Å². The second kappa shape index (κ2) is 8.92. The molecule has 0 fully saturated rings. The molecule has 0 saturated carbocycles. The Morgan fingerprint density at radius 2 is 1.77 bits per heavy atom. The number of nitrogens with zero attached hydrogens (tertiary/aromatic N) is 2. The molecule has 1 heterocycles. The third-order valence-corrected chi connectivity index (χ3v) is 5.29. The van der Waals surface area contributed by atoms with Crippen molar-refractivity contribution in [2.45, 2.75) is 19.9 Å². The van der Waals surface area contributed by atoms with E-state index in [1.165, 1.54) is 0 Å². The largest absolute Gasteiger partial charge is 0.493 e. The van der Waals surface area contributed by atoms with Gasteiger partial charge in [0.25, 0.3) is 0 Å². The van der Waals surface area contributed by atoms with Gasteiger partial charge in [0.05, 0.1) is 33.4 Å². The molecule has 6 nitrogen and oxygen atoms in total. The van der Waals surface area contributed by atoms with Gasteiger partial charge in [-0.1, -0.05) is 48.5 Å². The van der Waals surface area contributed by atoms with E-state index >= 15 is 0 Å². The number of anilines is 1. The summed E-state index contributed by atoms with van der Waals surface area (Å²) in [7, 11) is 3.22. The van der Waals surface area contributed by atoms with Crippen LogP contribution < -0.4 is 14.8 Å². The first kappa shape index (κ1) is 20.5. The highest BCUT2D eigenvalue weighted by Crippen LogP contribution is 2.28. The summed E-state index contributed by atoms with van der Waals surface area (Å²) in [6, 6.07) is 19.9. The molecule has 158 valence electrons. The highest BCUT2D eigenvalue weighted by Gasteiger charge is 2.14. The smallest absolute Gasteiger partial charge is 0.229 e. The number of rotatable bonds is 7. The summed E-state index contributed by atoms with van der Waals surface area (Å²) < 4.78 is 12.5. The van der Waals surface area contributed by atoms with E-state index in [0.717, 1.165) is 27.5 Å². The number of carbonyl (C=O) groups is 1. The second-order valence-corrected chi connectivity index (χ2v) is 7.39. The van der Waals surface area contributed by atoms with Gasteiger partial charge in [-0.3, -0.25) is 4.79 Å². The molecule has 0 spiro atoms. The lowest BCUT2D eigenvalue weighted by Crippen LogP contribution is -2.18. The maximum Gasteiger partial charge on any atom is 0.229 e. The molecular weight excluding hydrogens is 390 g/mol. The second-order valence-electron chi connectivity index (χ2n) is 7.39. The monoisotopic (exact) mass is 415 g/mol. The van der Waals surface area contributed by atoms with Crippen LogP contribution in [0, 0.1) is 6.92 Å². The zero-order valence-electron chi connectivity index (χ0n) is 17.9. The summed E-state index contributed by atoms with van der Waals surface area (Å²) in [5.41, 5.74) is 2.90. The number of ether oxygens (including phenoxy) is 2. The van der Waals surface area contributed by atoms with Gasteiger partial charge in [0.1, 0.15) is 5.82 Å². The van der Waals surface area contributed by atoms with Crippen molar-refractivity contribution in [2.75, 3.05) is 19.5 Å². The predicted octanol–water partition coefficient (Wildman–Crippen LogP) is 4.59. The third kappa shape index (κ3) is 4.38. The van der Waals surface area contributed by atoms with Crippen molar-refractivity contribution in [3.63, 3.8) is 0 Å². The number of amides is 1. The van der Waals surface area contributed by atoms with Gasteiger partial charge in [-0.2, -0.15) is 5.10 Å². The van der Waals surface area contributed by atoms with E-state index in [4.69, 9.17) is 9.47 Å². The number of hydrogen-bond acceptors (Lipinski definition) is 4. The molecule has 0 saturated heterocycles. The minimum absolute atomic E-state index is 0.0754. The highest BCUT2D eigenvalue weighted by molar-refractivity contribution is 5.96. The Labute approximate surface area is 181 Å². The van der Waals surface area contributed by atoms with Gasteiger partial charge in [-0.15, -0.1) is 0 Å². The number of aromatic nitrogens is 2. The zero-order valence-corrected chi connectivity index (χ0v) is 17.9. The van der Waals surface area contributed by atoms with Gasteiger partial charge in [0, 0.05) is 5.56 Å². The van der Waals surface area contributed by atoms with Crippen molar-refractivity contribution >= 4 is 22.5 Å². The van der Waals surface area contributed by atoms with Gasteiger partial charge in [0.15, 0.2) is 11.5 Å². The quantitative estimate of drug-likeness (QED) is 0.479. The number of carbonyl (C=O) groups excluding carboxylic acids is 1. The van der Waals surface area contributed by atoms with Crippen molar-refractivity contribution in [1.29, 1.82) is 0 Å². The lowest BCUT2D eigenvalue weighted by molar-refractivity contribution is -0.115. The molecule has 1 aromatic heterocycles. The average Bonchev–Trinajstić information content (AvgIpc) is 3.12. The molecule has 0 aliphatic carbocycles. The van der Waals surface area contributed by atoms with E-state index in [0.29, 0.717) is 30.3 Å². The molecule has 31 heavy (non-hydrogen) atoms. The van der Waals surface area contributed by atoms with Crippen LogP contribution in [0.5, 0.6) is 11.5 Å². The van der Waals surface area contributed by atoms with Crippen LogP contribution in [-0.4, -0.2) is 29.9 Å². The molecule has 0 atom stereocenters. The maximum atomic E-state index is 12.9. The van der Waals surface area contributed by atoms with Crippen molar-refractivity contribution in [1.82, 2.24) is 9.78 Å². The molecule has 0 bridgehead atoms. The first-order valence-corrected chi connectivity index (χ1v) is 10.1. The fraction of sp³-hybridized carbons (Fsp3) is 0.200. The third-order valence-electron chi connectivity index (χ3n) is 5.29. The SMILES string of the molecule is COc1ccc(Cn2ncc(C)c2NC(=O)Cc2cccc3ccccc23)cc1OC. The number of aryl methyl sites for hydroxylation is 1. The molecule has 6 heteroatoms. The summed E-state index contributed by atoms with van der Waals surface area (Å²) in [4.78, 5) is 12.9. The first-order chi connectivity index (χ1) is 15.1. The van der Waals surface area contributed by atoms with Crippen molar-refractivity contribution in [3.8, 4) is 11.5 Å². The standard InChI is InChI=1S/C25H25N3O3/c1-17-15-26-28(16-18-11-12-22(30-2)23(13-18)31-3)25(17)27-24(29)14-20-9-6-8-19-7-4-5-10-21(19)20/h4-13,15H,14,16H2,1-3H3,(H,27,29). The van der Waals surface area contributed by atoms with Crippen LogP contribution in [0.1, 0.15) is 16.7 Å². The van der Waals surface area contributed by atoms with Gasteiger partial charge in [-0.05, 0) is 41.0 Å². The fourth-order valence-electron chi connectivity index (χ4n) is 3.71. The Balaban J connectivity index is 1.53. The number of fused-ring (bicyclic) bond motifs is 1. The molecule has 4 aromatic rings.